The number of carboxylic acids is 1. The van der Waals surface area contributed by atoms with Gasteiger partial charge in [0.25, 0.3) is 0 Å². The van der Waals surface area contributed by atoms with Crippen molar-refractivity contribution in [1.29, 1.82) is 0 Å². The predicted octanol–water partition coefficient (Wildman–Crippen LogP) is 6.17. The lowest BCUT2D eigenvalue weighted by molar-refractivity contribution is -0.137. The molecule has 0 saturated carbocycles. The Balaban J connectivity index is 1.50. The van der Waals surface area contributed by atoms with Crippen molar-refractivity contribution in [3.05, 3.63) is 93.5 Å². The number of carbonyl (C=O) groups is 1. The van der Waals surface area contributed by atoms with E-state index in [0.29, 0.717) is 5.92 Å². The minimum atomic E-state index is -0.804. The third-order valence-corrected chi connectivity index (χ3v) is 8.43. The summed E-state index contributed by atoms with van der Waals surface area (Å²) in [6.45, 7) is 9.37. The number of carboxylic acid groups (broad SMARTS) is 1. The molecule has 0 radical (unpaired) electrons. The van der Waals surface area contributed by atoms with Crippen LogP contribution in [0.3, 0.4) is 0 Å². The Bertz CT molecular complexity index is 1460. The molecule has 38 heavy (non-hydrogen) atoms. The van der Waals surface area contributed by atoms with Gasteiger partial charge in [-0.3, -0.25) is 9.69 Å². The number of aromatic nitrogens is 3. The fraction of sp³-hybridized carbons (Fsp3) is 0.406. The van der Waals surface area contributed by atoms with Crippen LogP contribution in [0.15, 0.2) is 54.6 Å². The van der Waals surface area contributed by atoms with Crippen LogP contribution in [0.25, 0.3) is 11.0 Å². The van der Waals surface area contributed by atoms with Gasteiger partial charge in [0.2, 0.25) is 0 Å². The van der Waals surface area contributed by atoms with Crippen molar-refractivity contribution in [2.45, 2.75) is 65.5 Å². The maximum Gasteiger partial charge on any atom is 0.304 e. The first-order chi connectivity index (χ1) is 18.3. The van der Waals surface area contributed by atoms with E-state index in [1.54, 1.807) is 4.68 Å². The summed E-state index contributed by atoms with van der Waals surface area (Å²) in [6, 6.07) is 19.4. The molecule has 0 spiro atoms. The lowest BCUT2D eigenvalue weighted by atomic mass is 9.84. The molecule has 1 aromatic heterocycles. The number of benzene rings is 3. The summed E-state index contributed by atoms with van der Waals surface area (Å²) in [5.74, 6) is -0.385. The summed E-state index contributed by atoms with van der Waals surface area (Å²) >= 11 is 0. The quantitative estimate of drug-likeness (QED) is 0.322. The highest BCUT2D eigenvalue weighted by molar-refractivity contribution is 5.80. The Hall–Kier alpha value is -3.51. The van der Waals surface area contributed by atoms with Gasteiger partial charge < -0.3 is 5.11 Å². The molecule has 2 heterocycles. The van der Waals surface area contributed by atoms with E-state index in [1.807, 2.05) is 20.0 Å². The first-order valence-electron chi connectivity index (χ1n) is 13.7. The minimum Gasteiger partial charge on any atom is -0.481 e. The van der Waals surface area contributed by atoms with E-state index in [0.717, 1.165) is 53.8 Å². The second-order valence-electron chi connectivity index (χ2n) is 10.9. The molecule has 0 amide bonds. The lowest BCUT2D eigenvalue weighted by Gasteiger charge is -2.31. The Labute approximate surface area is 225 Å². The van der Waals surface area contributed by atoms with Crippen LogP contribution in [0, 0.1) is 19.8 Å². The van der Waals surface area contributed by atoms with Gasteiger partial charge in [0.15, 0.2) is 0 Å². The topological polar surface area (TPSA) is 71.2 Å². The first kappa shape index (κ1) is 26.1. The standard InChI is InChI=1S/C32H38N4O2/c1-5-23-11-13-24-8-6-7-9-26(24)19-36(18-23)20-27-16-25(12-10-21(27)2)29(17-31(37)38)28-14-15-30-32(22(28)3)33-34-35(30)4/h6-10,12,14-16,23,29H,5,11,13,17-20H2,1-4H3,(H,37,38)/t23-,29?/m0/s1. The summed E-state index contributed by atoms with van der Waals surface area (Å²) in [7, 11) is 1.88. The Morgan fingerprint density at radius 3 is 2.66 bits per heavy atom. The zero-order valence-corrected chi connectivity index (χ0v) is 22.9. The van der Waals surface area contributed by atoms with Crippen LogP contribution in [0.2, 0.25) is 0 Å². The summed E-state index contributed by atoms with van der Waals surface area (Å²) in [5.41, 5.74) is 10.2. The fourth-order valence-corrected chi connectivity index (χ4v) is 6.06. The molecule has 3 aromatic carbocycles. The SMILES string of the molecule is CC[C@H]1CCc2ccccc2CN(Cc2cc(C(CC(=O)O)c3ccc4c(nnn4C)c3C)ccc2C)C1. The second kappa shape index (κ2) is 11.1. The minimum absolute atomic E-state index is 0.0319. The van der Waals surface area contributed by atoms with E-state index in [4.69, 9.17) is 0 Å². The molecule has 0 fully saturated rings. The van der Waals surface area contributed by atoms with Crippen LogP contribution in [0.1, 0.15) is 71.0 Å². The van der Waals surface area contributed by atoms with E-state index in [2.05, 4.69) is 77.6 Å². The zero-order valence-electron chi connectivity index (χ0n) is 22.9. The van der Waals surface area contributed by atoms with Crippen LogP contribution >= 0.6 is 0 Å². The smallest absolute Gasteiger partial charge is 0.304 e. The molecule has 0 saturated heterocycles. The first-order valence-corrected chi connectivity index (χ1v) is 13.7. The number of fused-ring (bicyclic) bond motifs is 2. The van der Waals surface area contributed by atoms with Crippen molar-refractivity contribution in [2.75, 3.05) is 6.54 Å². The molecule has 1 unspecified atom stereocenters. The molecule has 6 nitrogen and oxygen atoms in total. The summed E-state index contributed by atoms with van der Waals surface area (Å²) in [6.07, 6.45) is 3.59. The largest absolute Gasteiger partial charge is 0.481 e. The molecular weight excluding hydrogens is 472 g/mol. The van der Waals surface area contributed by atoms with Gasteiger partial charge in [-0.05, 0) is 77.6 Å². The van der Waals surface area contributed by atoms with Gasteiger partial charge in [-0.1, -0.05) is 67.1 Å². The maximum absolute atomic E-state index is 12.0. The van der Waals surface area contributed by atoms with Crippen LogP contribution < -0.4 is 0 Å². The van der Waals surface area contributed by atoms with E-state index in [-0.39, 0.29) is 12.3 Å². The lowest BCUT2D eigenvalue weighted by Crippen LogP contribution is -2.31. The van der Waals surface area contributed by atoms with Crippen molar-refractivity contribution < 1.29 is 9.90 Å². The van der Waals surface area contributed by atoms with Gasteiger partial charge in [0.05, 0.1) is 11.9 Å². The summed E-state index contributed by atoms with van der Waals surface area (Å²) in [5, 5.41) is 18.4. The normalized spacial score (nSPS) is 17.1. The average molecular weight is 511 g/mol. The van der Waals surface area contributed by atoms with Crippen LogP contribution in [0.4, 0.5) is 0 Å². The van der Waals surface area contributed by atoms with Crippen LogP contribution in [-0.4, -0.2) is 37.5 Å². The fourth-order valence-electron chi connectivity index (χ4n) is 6.06. The van der Waals surface area contributed by atoms with Gasteiger partial charge in [0, 0.05) is 32.6 Å². The predicted molar refractivity (Wildman–Crippen MR) is 151 cm³/mol. The molecular formula is C32H38N4O2. The molecule has 198 valence electrons. The second-order valence-corrected chi connectivity index (χ2v) is 10.9. The van der Waals surface area contributed by atoms with Crippen LogP contribution in [0.5, 0.6) is 0 Å². The highest BCUT2D eigenvalue weighted by atomic mass is 16.4. The molecule has 5 rings (SSSR count). The number of aliphatic carboxylic acids is 1. The molecule has 6 heteroatoms. The maximum atomic E-state index is 12.0. The Morgan fingerprint density at radius 1 is 1.11 bits per heavy atom. The van der Waals surface area contributed by atoms with Crippen molar-refractivity contribution in [3.8, 4) is 0 Å². The molecule has 2 atom stereocenters. The summed E-state index contributed by atoms with van der Waals surface area (Å²) < 4.78 is 1.76. The van der Waals surface area contributed by atoms with Gasteiger partial charge in [-0.25, -0.2) is 4.68 Å². The number of nitrogens with zero attached hydrogens (tertiary/aromatic N) is 4. The van der Waals surface area contributed by atoms with Crippen molar-refractivity contribution in [2.24, 2.45) is 13.0 Å². The van der Waals surface area contributed by atoms with E-state index in [1.165, 1.54) is 35.1 Å². The van der Waals surface area contributed by atoms with E-state index < -0.39 is 5.97 Å². The molecule has 1 aliphatic heterocycles. The number of hydrogen-bond donors (Lipinski definition) is 1. The van der Waals surface area contributed by atoms with E-state index in [9.17, 15) is 9.90 Å². The van der Waals surface area contributed by atoms with E-state index >= 15 is 0 Å². The third-order valence-electron chi connectivity index (χ3n) is 8.43. The number of hydrogen-bond acceptors (Lipinski definition) is 4. The van der Waals surface area contributed by atoms with Gasteiger partial charge in [-0.15, -0.1) is 5.10 Å². The van der Waals surface area contributed by atoms with Crippen molar-refractivity contribution >= 4 is 17.0 Å². The molecule has 1 N–H and O–H groups in total. The molecule has 0 aliphatic carbocycles. The van der Waals surface area contributed by atoms with Gasteiger partial charge in [0.1, 0.15) is 5.52 Å². The highest BCUT2D eigenvalue weighted by Gasteiger charge is 2.24. The van der Waals surface area contributed by atoms with Crippen molar-refractivity contribution in [1.82, 2.24) is 19.9 Å². The summed E-state index contributed by atoms with van der Waals surface area (Å²) in [4.78, 5) is 14.6. The molecule has 1 aliphatic rings. The Kier molecular flexibility index (Phi) is 7.61. The highest BCUT2D eigenvalue weighted by Crippen LogP contribution is 2.35. The number of aryl methyl sites for hydroxylation is 4. The van der Waals surface area contributed by atoms with Crippen LogP contribution in [-0.2, 0) is 31.4 Å². The van der Waals surface area contributed by atoms with Gasteiger partial charge in [-0.2, -0.15) is 0 Å². The molecule has 4 aromatic rings. The zero-order chi connectivity index (χ0) is 26.8. The Morgan fingerprint density at radius 2 is 1.89 bits per heavy atom. The molecule has 0 bridgehead atoms. The van der Waals surface area contributed by atoms with Gasteiger partial charge >= 0.3 is 5.97 Å². The third kappa shape index (κ3) is 5.37. The average Bonchev–Trinajstić information content (AvgIpc) is 3.27. The monoisotopic (exact) mass is 510 g/mol. The number of rotatable bonds is 7. The van der Waals surface area contributed by atoms with Crippen molar-refractivity contribution in [3.63, 3.8) is 0 Å².